The Labute approximate surface area is 329 Å². The first-order valence-electron chi connectivity index (χ1n) is 19.1. The van der Waals surface area contributed by atoms with E-state index in [0.29, 0.717) is 17.5 Å². The minimum Gasteiger partial charge on any atom is -0.292 e. The Balaban J connectivity index is 0.986. The highest BCUT2D eigenvalue weighted by Gasteiger charge is 2.19. The minimum absolute atomic E-state index is 0.624. The van der Waals surface area contributed by atoms with Gasteiger partial charge < -0.3 is 0 Å². The molecule has 0 aliphatic heterocycles. The molecule has 0 bridgehead atoms. The van der Waals surface area contributed by atoms with Crippen LogP contribution in [-0.4, -0.2) is 24.3 Å². The number of benzene rings is 7. The molecule has 0 N–H and O–H groups in total. The molecule has 7 aromatic carbocycles. The largest absolute Gasteiger partial charge is 0.292 e. The molecule has 11 rings (SSSR count). The van der Waals surface area contributed by atoms with Crippen LogP contribution in [0.4, 0.5) is 0 Å². The van der Waals surface area contributed by atoms with E-state index in [1.807, 2.05) is 18.2 Å². The van der Waals surface area contributed by atoms with Crippen LogP contribution in [-0.2, 0) is 0 Å². The van der Waals surface area contributed by atoms with E-state index in [-0.39, 0.29) is 0 Å². The molecule has 4 aromatic heterocycles. The lowest BCUT2D eigenvalue weighted by Crippen LogP contribution is -2.00. The Morgan fingerprint density at radius 1 is 0.281 bits per heavy atom. The van der Waals surface area contributed by atoms with Gasteiger partial charge in [-0.1, -0.05) is 182 Å². The summed E-state index contributed by atoms with van der Waals surface area (Å²) in [6.45, 7) is 0. The molecule has 266 valence electrons. The topological polar surface area (TPSA) is 56.0 Å². The SMILES string of the molecule is c1ccc(-c2ccc(-c3nc(-c4ccc(-c5ccccc5)cc4)nc(-c4ccc(-c5ccc6c(c5)c5c(-c7ccccc7)nc7cccc6n75)cc4)n3)cc2)cc1. The quantitative estimate of drug-likeness (QED) is 0.164. The summed E-state index contributed by atoms with van der Waals surface area (Å²) < 4.78 is 2.29. The maximum absolute atomic E-state index is 5.08. The molecule has 0 amide bonds. The van der Waals surface area contributed by atoms with E-state index >= 15 is 0 Å². The second-order valence-corrected chi connectivity index (χ2v) is 14.3. The highest BCUT2D eigenvalue weighted by molar-refractivity contribution is 6.14. The van der Waals surface area contributed by atoms with Crippen molar-refractivity contribution in [3.8, 4) is 78.8 Å². The molecule has 0 aliphatic rings. The Hall–Kier alpha value is -7.76. The molecule has 0 aliphatic carbocycles. The summed E-state index contributed by atoms with van der Waals surface area (Å²) in [4.78, 5) is 20.2. The van der Waals surface area contributed by atoms with Gasteiger partial charge in [0.1, 0.15) is 5.65 Å². The summed E-state index contributed by atoms with van der Waals surface area (Å²) >= 11 is 0. The van der Waals surface area contributed by atoms with Gasteiger partial charge in [0.05, 0.1) is 16.7 Å². The van der Waals surface area contributed by atoms with E-state index in [0.717, 1.165) is 61.4 Å². The Kier molecular flexibility index (Phi) is 7.74. The number of imidazole rings is 1. The van der Waals surface area contributed by atoms with Gasteiger partial charge in [-0.15, -0.1) is 0 Å². The summed E-state index contributed by atoms with van der Waals surface area (Å²) in [6, 6.07) is 69.8. The van der Waals surface area contributed by atoms with E-state index in [1.165, 1.54) is 27.4 Å². The van der Waals surface area contributed by atoms with Crippen LogP contribution in [0.1, 0.15) is 0 Å². The van der Waals surface area contributed by atoms with Crippen molar-refractivity contribution in [1.82, 2.24) is 24.3 Å². The Morgan fingerprint density at radius 2 is 0.684 bits per heavy atom. The molecule has 0 saturated carbocycles. The number of hydrogen-bond acceptors (Lipinski definition) is 4. The molecule has 0 unspecified atom stereocenters. The molecule has 0 radical (unpaired) electrons. The van der Waals surface area contributed by atoms with Crippen molar-refractivity contribution < 1.29 is 0 Å². The number of aromatic nitrogens is 5. The van der Waals surface area contributed by atoms with Crippen molar-refractivity contribution in [3.63, 3.8) is 0 Å². The van der Waals surface area contributed by atoms with E-state index in [4.69, 9.17) is 19.9 Å². The molecule has 5 nitrogen and oxygen atoms in total. The number of nitrogens with zero attached hydrogens (tertiary/aromatic N) is 5. The van der Waals surface area contributed by atoms with Gasteiger partial charge in [0.15, 0.2) is 17.5 Å². The fourth-order valence-corrected chi connectivity index (χ4v) is 7.95. The van der Waals surface area contributed by atoms with Crippen LogP contribution < -0.4 is 0 Å². The van der Waals surface area contributed by atoms with Crippen LogP contribution >= 0.6 is 0 Å². The maximum Gasteiger partial charge on any atom is 0.164 e. The van der Waals surface area contributed by atoms with Crippen LogP contribution in [0.25, 0.3) is 106 Å². The van der Waals surface area contributed by atoms with E-state index < -0.39 is 0 Å². The zero-order valence-corrected chi connectivity index (χ0v) is 30.8. The second-order valence-electron chi connectivity index (χ2n) is 14.3. The summed E-state index contributed by atoms with van der Waals surface area (Å²) in [5.41, 5.74) is 15.0. The molecule has 5 heteroatoms. The van der Waals surface area contributed by atoms with Gasteiger partial charge in [0.25, 0.3) is 0 Å². The molecule has 0 atom stereocenters. The molecular formula is C52H33N5. The van der Waals surface area contributed by atoms with Crippen molar-refractivity contribution in [2.75, 3.05) is 0 Å². The number of fused-ring (bicyclic) bond motifs is 3. The van der Waals surface area contributed by atoms with Crippen molar-refractivity contribution in [2.24, 2.45) is 0 Å². The lowest BCUT2D eigenvalue weighted by atomic mass is 10.00. The standard InChI is InChI=1S/C52H33N5/c1-4-11-34(12-5-1)36-19-25-40(26-20-36)50-54-51(41-27-21-37(22-28-41)35-13-6-2-7-14-35)56-52(55-50)42-29-23-38(24-30-42)43-31-32-44-45(33-43)49-48(39-15-8-3-9-16-39)53-47-18-10-17-46(44)57(47)49/h1-33H. The van der Waals surface area contributed by atoms with E-state index in [2.05, 4.69) is 186 Å². The predicted octanol–water partition coefficient (Wildman–Crippen LogP) is 12.9. The summed E-state index contributed by atoms with van der Waals surface area (Å²) in [7, 11) is 0. The fraction of sp³-hybridized carbons (Fsp3) is 0. The molecule has 11 aromatic rings. The molecular weight excluding hydrogens is 695 g/mol. The number of rotatable bonds is 7. The van der Waals surface area contributed by atoms with E-state index in [9.17, 15) is 0 Å². The predicted molar refractivity (Wildman–Crippen MR) is 233 cm³/mol. The fourth-order valence-electron chi connectivity index (χ4n) is 7.95. The highest BCUT2D eigenvalue weighted by atomic mass is 15.0. The van der Waals surface area contributed by atoms with Gasteiger partial charge in [0.2, 0.25) is 0 Å². The van der Waals surface area contributed by atoms with Gasteiger partial charge in [-0.3, -0.25) is 4.40 Å². The molecule has 0 saturated heterocycles. The maximum atomic E-state index is 5.08. The first-order chi connectivity index (χ1) is 28.2. The van der Waals surface area contributed by atoms with Gasteiger partial charge in [-0.2, -0.15) is 0 Å². The van der Waals surface area contributed by atoms with Gasteiger partial charge in [-0.05, 0) is 51.6 Å². The number of pyridine rings is 1. The van der Waals surface area contributed by atoms with Crippen molar-refractivity contribution in [1.29, 1.82) is 0 Å². The van der Waals surface area contributed by atoms with Crippen molar-refractivity contribution >= 4 is 27.5 Å². The van der Waals surface area contributed by atoms with Crippen LogP contribution in [0.3, 0.4) is 0 Å². The van der Waals surface area contributed by atoms with Crippen molar-refractivity contribution in [2.45, 2.75) is 0 Å². The van der Waals surface area contributed by atoms with Crippen LogP contribution in [0.2, 0.25) is 0 Å². The van der Waals surface area contributed by atoms with Gasteiger partial charge in [-0.25, -0.2) is 19.9 Å². The first kappa shape index (κ1) is 32.7. The molecule has 4 heterocycles. The molecule has 0 fully saturated rings. The lowest BCUT2D eigenvalue weighted by Gasteiger charge is -2.10. The smallest absolute Gasteiger partial charge is 0.164 e. The third kappa shape index (κ3) is 5.81. The van der Waals surface area contributed by atoms with Crippen LogP contribution in [0, 0.1) is 0 Å². The summed E-state index contributed by atoms with van der Waals surface area (Å²) in [5.74, 6) is 1.88. The average Bonchev–Trinajstić information content (AvgIpc) is 3.86. The summed E-state index contributed by atoms with van der Waals surface area (Å²) in [5, 5.41) is 2.40. The van der Waals surface area contributed by atoms with Crippen LogP contribution in [0.5, 0.6) is 0 Å². The molecule has 57 heavy (non-hydrogen) atoms. The normalized spacial score (nSPS) is 11.5. The average molecular weight is 728 g/mol. The third-order valence-electron chi connectivity index (χ3n) is 10.9. The Morgan fingerprint density at radius 3 is 1.18 bits per heavy atom. The highest BCUT2D eigenvalue weighted by Crippen LogP contribution is 2.39. The first-order valence-corrected chi connectivity index (χ1v) is 19.1. The molecule has 0 spiro atoms. The van der Waals surface area contributed by atoms with Gasteiger partial charge in [0, 0.05) is 33.0 Å². The zero-order valence-electron chi connectivity index (χ0n) is 30.8. The zero-order chi connectivity index (χ0) is 37.7. The van der Waals surface area contributed by atoms with E-state index in [1.54, 1.807) is 0 Å². The van der Waals surface area contributed by atoms with Gasteiger partial charge >= 0.3 is 0 Å². The van der Waals surface area contributed by atoms with Crippen LogP contribution in [0.15, 0.2) is 200 Å². The second kappa shape index (κ2) is 13.5. The third-order valence-corrected chi connectivity index (χ3v) is 10.9. The number of hydrogen-bond donors (Lipinski definition) is 0. The monoisotopic (exact) mass is 727 g/mol. The Bertz CT molecular complexity index is 3070. The van der Waals surface area contributed by atoms with Crippen molar-refractivity contribution in [3.05, 3.63) is 200 Å². The minimum atomic E-state index is 0.624. The summed E-state index contributed by atoms with van der Waals surface area (Å²) in [6.07, 6.45) is 0. The lowest BCUT2D eigenvalue weighted by molar-refractivity contribution is 1.07.